The number of carbonyl (C=O) groups excluding carboxylic acids is 1. The fraction of sp³-hybridized carbons (Fsp3) is 0.409. The number of anilines is 2. The molecule has 28 heavy (non-hydrogen) atoms. The monoisotopic (exact) mass is 420 g/mol. The largest absolute Gasteiger partial charge is 0.424 e. The summed E-state index contributed by atoms with van der Waals surface area (Å²) in [5.41, 5.74) is 1.24. The van der Waals surface area contributed by atoms with Gasteiger partial charge in [-0.15, -0.1) is 0 Å². The first-order chi connectivity index (χ1) is 13.6. The molecule has 1 aliphatic heterocycles. The maximum Gasteiger partial charge on any atom is 0.312 e. The number of benzene rings is 2. The summed E-state index contributed by atoms with van der Waals surface area (Å²) in [6.07, 6.45) is 5.01. The summed E-state index contributed by atoms with van der Waals surface area (Å²) < 4.78 is 5.71. The Morgan fingerprint density at radius 2 is 1.75 bits per heavy atom. The van der Waals surface area contributed by atoms with Crippen LogP contribution in [0.1, 0.15) is 39.0 Å². The Morgan fingerprint density at radius 3 is 2.43 bits per heavy atom. The van der Waals surface area contributed by atoms with E-state index in [0.717, 1.165) is 19.5 Å². The molecule has 0 aliphatic carbocycles. The maximum absolute atomic E-state index is 12.6. The predicted molar refractivity (Wildman–Crippen MR) is 116 cm³/mol. The standard InChI is InChI=1S/C22H26Cl2N2O2/c1-2-16(26-13-6-3-7-14-26)15-21(27)28-20-12-5-4-11-19(20)25-22-17(23)9-8-10-18(22)24/h4-5,8-12,16,25H,2-3,6-7,13-15H2,1H3. The number of esters is 1. The molecule has 1 aliphatic rings. The van der Waals surface area contributed by atoms with E-state index in [2.05, 4.69) is 17.1 Å². The number of halogens is 2. The van der Waals surface area contributed by atoms with E-state index in [1.165, 1.54) is 19.3 Å². The Labute approximate surface area is 176 Å². The van der Waals surface area contributed by atoms with Gasteiger partial charge in [0.05, 0.1) is 27.8 Å². The highest BCUT2D eigenvalue weighted by Crippen LogP contribution is 2.35. The van der Waals surface area contributed by atoms with Crippen LogP contribution in [0.2, 0.25) is 10.0 Å². The van der Waals surface area contributed by atoms with Gasteiger partial charge in [0, 0.05) is 6.04 Å². The zero-order valence-corrected chi connectivity index (χ0v) is 17.6. The Bertz CT molecular complexity index is 787. The molecule has 1 saturated heterocycles. The van der Waals surface area contributed by atoms with Crippen LogP contribution in [0.15, 0.2) is 42.5 Å². The van der Waals surface area contributed by atoms with E-state index in [0.29, 0.717) is 33.6 Å². The third-order valence-corrected chi connectivity index (χ3v) is 5.74. The fourth-order valence-corrected chi connectivity index (χ4v) is 4.07. The molecular formula is C22H26Cl2N2O2. The number of piperidine rings is 1. The SMILES string of the molecule is CCC(CC(=O)Oc1ccccc1Nc1c(Cl)cccc1Cl)N1CCCCC1. The molecule has 2 aromatic carbocycles. The van der Waals surface area contributed by atoms with Crippen molar-refractivity contribution < 1.29 is 9.53 Å². The van der Waals surface area contributed by atoms with Crippen molar-refractivity contribution in [3.8, 4) is 5.75 Å². The Kier molecular flexibility index (Phi) is 7.60. The molecule has 6 heteroatoms. The summed E-state index contributed by atoms with van der Waals surface area (Å²) >= 11 is 12.5. The number of nitrogens with zero attached hydrogens (tertiary/aromatic N) is 1. The Balaban J connectivity index is 1.69. The second-order valence-corrected chi connectivity index (χ2v) is 7.87. The minimum absolute atomic E-state index is 0.225. The van der Waals surface area contributed by atoms with E-state index in [9.17, 15) is 4.79 Å². The van der Waals surface area contributed by atoms with Crippen molar-refractivity contribution in [2.75, 3.05) is 18.4 Å². The fourth-order valence-electron chi connectivity index (χ4n) is 3.58. The van der Waals surface area contributed by atoms with Crippen LogP contribution in [-0.4, -0.2) is 30.0 Å². The van der Waals surface area contributed by atoms with Crippen molar-refractivity contribution in [1.82, 2.24) is 4.90 Å². The number of hydrogen-bond donors (Lipinski definition) is 1. The van der Waals surface area contributed by atoms with Crippen LogP contribution in [0.5, 0.6) is 5.75 Å². The summed E-state index contributed by atoms with van der Waals surface area (Å²) in [4.78, 5) is 15.0. The van der Waals surface area contributed by atoms with Crippen LogP contribution >= 0.6 is 23.2 Å². The van der Waals surface area contributed by atoms with E-state index in [4.69, 9.17) is 27.9 Å². The van der Waals surface area contributed by atoms with Gasteiger partial charge in [0.2, 0.25) is 0 Å². The van der Waals surface area contributed by atoms with Crippen molar-refractivity contribution in [3.05, 3.63) is 52.5 Å². The smallest absolute Gasteiger partial charge is 0.312 e. The zero-order valence-electron chi connectivity index (χ0n) is 16.1. The molecule has 0 saturated carbocycles. The maximum atomic E-state index is 12.6. The average Bonchev–Trinajstić information content (AvgIpc) is 2.71. The molecule has 0 spiro atoms. The molecular weight excluding hydrogens is 395 g/mol. The van der Waals surface area contributed by atoms with E-state index >= 15 is 0 Å². The van der Waals surface area contributed by atoms with Gasteiger partial charge >= 0.3 is 5.97 Å². The molecule has 150 valence electrons. The number of carbonyl (C=O) groups is 1. The predicted octanol–water partition coefficient (Wildman–Crippen LogP) is 6.30. The van der Waals surface area contributed by atoms with Crippen LogP contribution in [0, 0.1) is 0 Å². The molecule has 2 aromatic rings. The lowest BCUT2D eigenvalue weighted by Crippen LogP contribution is -2.40. The first kappa shape index (κ1) is 21.0. The molecule has 3 rings (SSSR count). The van der Waals surface area contributed by atoms with Crippen molar-refractivity contribution >= 4 is 40.5 Å². The highest BCUT2D eigenvalue weighted by atomic mass is 35.5. The van der Waals surface area contributed by atoms with Crippen LogP contribution in [0.4, 0.5) is 11.4 Å². The van der Waals surface area contributed by atoms with E-state index < -0.39 is 0 Å². The molecule has 0 aromatic heterocycles. The molecule has 1 atom stereocenters. The van der Waals surface area contributed by atoms with Gasteiger partial charge in [-0.2, -0.15) is 0 Å². The van der Waals surface area contributed by atoms with Gasteiger partial charge in [-0.3, -0.25) is 9.69 Å². The second-order valence-electron chi connectivity index (χ2n) is 7.05. The molecule has 0 radical (unpaired) electrons. The van der Waals surface area contributed by atoms with E-state index in [-0.39, 0.29) is 12.0 Å². The second kappa shape index (κ2) is 10.1. The van der Waals surface area contributed by atoms with Gasteiger partial charge in [0.1, 0.15) is 0 Å². The molecule has 1 heterocycles. The molecule has 0 bridgehead atoms. The molecule has 0 amide bonds. The van der Waals surface area contributed by atoms with Crippen molar-refractivity contribution in [3.63, 3.8) is 0 Å². The highest BCUT2D eigenvalue weighted by molar-refractivity contribution is 6.39. The van der Waals surface area contributed by atoms with Gasteiger partial charge in [-0.25, -0.2) is 0 Å². The quantitative estimate of drug-likeness (QED) is 0.421. The van der Waals surface area contributed by atoms with Crippen molar-refractivity contribution in [2.24, 2.45) is 0 Å². The van der Waals surface area contributed by atoms with Crippen molar-refractivity contribution in [1.29, 1.82) is 0 Å². The van der Waals surface area contributed by atoms with E-state index in [1.54, 1.807) is 24.3 Å². The number of rotatable bonds is 7. The average molecular weight is 421 g/mol. The highest BCUT2D eigenvalue weighted by Gasteiger charge is 2.23. The molecule has 1 fully saturated rings. The number of hydrogen-bond acceptors (Lipinski definition) is 4. The van der Waals surface area contributed by atoms with Crippen LogP contribution in [-0.2, 0) is 4.79 Å². The molecule has 4 nitrogen and oxygen atoms in total. The van der Waals surface area contributed by atoms with Gasteiger partial charge in [0.15, 0.2) is 5.75 Å². The first-order valence-corrected chi connectivity index (χ1v) is 10.6. The van der Waals surface area contributed by atoms with Gasteiger partial charge in [-0.05, 0) is 56.6 Å². The lowest BCUT2D eigenvalue weighted by Gasteiger charge is -2.33. The Hall–Kier alpha value is -1.75. The third kappa shape index (κ3) is 5.40. The van der Waals surface area contributed by atoms with Crippen LogP contribution in [0.3, 0.4) is 0 Å². The van der Waals surface area contributed by atoms with Crippen molar-refractivity contribution in [2.45, 2.75) is 45.1 Å². The number of ether oxygens (including phenoxy) is 1. The van der Waals surface area contributed by atoms with Gasteiger partial charge in [-0.1, -0.05) is 54.7 Å². The normalized spacial score (nSPS) is 15.8. The lowest BCUT2D eigenvalue weighted by atomic mass is 10.0. The lowest BCUT2D eigenvalue weighted by molar-refractivity contribution is -0.135. The topological polar surface area (TPSA) is 41.6 Å². The van der Waals surface area contributed by atoms with E-state index in [1.807, 2.05) is 18.2 Å². The summed E-state index contributed by atoms with van der Waals surface area (Å²) in [5.74, 6) is 0.244. The number of likely N-dealkylation sites (tertiary alicyclic amines) is 1. The van der Waals surface area contributed by atoms with Crippen LogP contribution in [0.25, 0.3) is 0 Å². The third-order valence-electron chi connectivity index (χ3n) is 5.11. The molecule has 1 N–H and O–H groups in total. The summed E-state index contributed by atoms with van der Waals surface area (Å²) in [6, 6.07) is 12.8. The minimum Gasteiger partial charge on any atom is -0.424 e. The zero-order chi connectivity index (χ0) is 19.9. The Morgan fingerprint density at radius 1 is 1.07 bits per heavy atom. The van der Waals surface area contributed by atoms with Gasteiger partial charge in [0.25, 0.3) is 0 Å². The first-order valence-electron chi connectivity index (χ1n) is 9.83. The summed E-state index contributed by atoms with van der Waals surface area (Å²) in [5, 5.41) is 4.20. The minimum atomic E-state index is -0.225. The number of nitrogens with one attached hydrogen (secondary N) is 1. The molecule has 1 unspecified atom stereocenters. The van der Waals surface area contributed by atoms with Gasteiger partial charge < -0.3 is 10.1 Å². The summed E-state index contributed by atoms with van der Waals surface area (Å²) in [7, 11) is 0. The van der Waals surface area contributed by atoms with Crippen LogP contribution < -0.4 is 10.1 Å². The number of para-hydroxylation sites is 3. The summed E-state index contributed by atoms with van der Waals surface area (Å²) in [6.45, 7) is 4.26.